The second-order valence-corrected chi connectivity index (χ2v) is 9.89. The molecule has 1 aromatic heterocycles. The molecule has 0 spiro atoms. The Morgan fingerprint density at radius 1 is 1.21 bits per heavy atom. The number of nitrogens with zero attached hydrogens (tertiary/aromatic N) is 2. The highest BCUT2D eigenvalue weighted by Gasteiger charge is 2.23. The monoisotopic (exact) mass is 433 g/mol. The van der Waals surface area contributed by atoms with Crippen molar-refractivity contribution < 1.29 is 17.9 Å². The standard InChI is InChI=1S/C20H23N3O4S2/c1-6-27-15-7-8-16-17(11-15)28-20(21-16)22-19(24)14-9-12(2)13(3)18(10-14)29(25,26)23(4)5/h7-11H,6H2,1-5H3,(H,21,22,24). The second-order valence-electron chi connectivity index (χ2n) is 6.74. The summed E-state index contributed by atoms with van der Waals surface area (Å²) >= 11 is 1.33. The quantitative estimate of drug-likeness (QED) is 0.638. The molecule has 1 N–H and O–H groups in total. The fourth-order valence-corrected chi connectivity index (χ4v) is 4.91. The van der Waals surface area contributed by atoms with E-state index in [1.165, 1.54) is 31.5 Å². The average Bonchev–Trinajstić information content (AvgIpc) is 3.05. The highest BCUT2D eigenvalue weighted by Crippen LogP contribution is 2.30. The molecule has 0 aliphatic carbocycles. The molecular formula is C20H23N3O4S2. The molecule has 0 saturated heterocycles. The maximum absolute atomic E-state index is 12.8. The lowest BCUT2D eigenvalue weighted by Crippen LogP contribution is -2.24. The number of hydrogen-bond acceptors (Lipinski definition) is 6. The number of hydrogen-bond donors (Lipinski definition) is 1. The van der Waals surface area contributed by atoms with E-state index in [1.54, 1.807) is 19.9 Å². The van der Waals surface area contributed by atoms with Gasteiger partial charge in [0.05, 0.1) is 21.7 Å². The molecule has 0 saturated carbocycles. The van der Waals surface area contributed by atoms with Crippen molar-refractivity contribution in [1.82, 2.24) is 9.29 Å². The normalized spacial score (nSPS) is 11.8. The van der Waals surface area contributed by atoms with Crippen LogP contribution in [-0.4, -0.2) is 44.3 Å². The van der Waals surface area contributed by atoms with Crippen molar-refractivity contribution in [3.05, 3.63) is 47.0 Å². The molecule has 0 aliphatic heterocycles. The van der Waals surface area contributed by atoms with Gasteiger partial charge in [-0.1, -0.05) is 11.3 Å². The minimum Gasteiger partial charge on any atom is -0.494 e. The first-order valence-corrected chi connectivity index (χ1v) is 11.3. The first-order chi connectivity index (χ1) is 13.6. The molecule has 9 heteroatoms. The third-order valence-corrected chi connectivity index (χ3v) is 7.41. The Labute approximate surface area is 174 Å². The van der Waals surface area contributed by atoms with Crippen molar-refractivity contribution in [2.45, 2.75) is 25.7 Å². The Morgan fingerprint density at radius 2 is 1.93 bits per heavy atom. The summed E-state index contributed by atoms with van der Waals surface area (Å²) in [5.74, 6) is 0.335. The largest absolute Gasteiger partial charge is 0.494 e. The van der Waals surface area contributed by atoms with Crippen LogP contribution in [0.3, 0.4) is 0 Å². The Kier molecular flexibility index (Phi) is 5.92. The van der Waals surface area contributed by atoms with E-state index < -0.39 is 15.9 Å². The van der Waals surface area contributed by atoms with Crippen molar-refractivity contribution in [2.24, 2.45) is 0 Å². The van der Waals surface area contributed by atoms with E-state index in [4.69, 9.17) is 4.74 Å². The molecule has 0 atom stereocenters. The van der Waals surface area contributed by atoms with Crippen LogP contribution in [0.4, 0.5) is 5.13 Å². The number of aromatic nitrogens is 1. The fraction of sp³-hybridized carbons (Fsp3) is 0.300. The highest BCUT2D eigenvalue weighted by molar-refractivity contribution is 7.89. The molecule has 3 aromatic rings. The van der Waals surface area contributed by atoms with E-state index in [0.29, 0.717) is 17.3 Å². The van der Waals surface area contributed by atoms with Gasteiger partial charge in [0.1, 0.15) is 5.75 Å². The number of carbonyl (C=O) groups excluding carboxylic acids is 1. The Hall–Kier alpha value is -2.49. The third-order valence-electron chi connectivity index (χ3n) is 4.53. The predicted molar refractivity (Wildman–Crippen MR) is 116 cm³/mol. The number of anilines is 1. The van der Waals surface area contributed by atoms with Gasteiger partial charge in [0.15, 0.2) is 5.13 Å². The van der Waals surface area contributed by atoms with Crippen LogP contribution in [0.5, 0.6) is 5.75 Å². The molecule has 154 valence electrons. The topological polar surface area (TPSA) is 88.6 Å². The molecule has 0 radical (unpaired) electrons. The highest BCUT2D eigenvalue weighted by atomic mass is 32.2. The van der Waals surface area contributed by atoms with Crippen molar-refractivity contribution in [3.63, 3.8) is 0 Å². The molecule has 7 nitrogen and oxygen atoms in total. The van der Waals surface area contributed by atoms with Gasteiger partial charge in [0.2, 0.25) is 10.0 Å². The van der Waals surface area contributed by atoms with Crippen LogP contribution >= 0.6 is 11.3 Å². The summed E-state index contributed by atoms with van der Waals surface area (Å²) in [4.78, 5) is 17.3. The van der Waals surface area contributed by atoms with Crippen molar-refractivity contribution in [2.75, 3.05) is 26.0 Å². The van der Waals surface area contributed by atoms with Gasteiger partial charge in [0, 0.05) is 19.7 Å². The maximum atomic E-state index is 12.8. The second kappa shape index (κ2) is 8.10. The van der Waals surface area contributed by atoms with E-state index in [0.717, 1.165) is 25.8 Å². The summed E-state index contributed by atoms with van der Waals surface area (Å²) in [6.07, 6.45) is 0. The number of thiazole rings is 1. The number of ether oxygens (including phenoxy) is 1. The fourth-order valence-electron chi connectivity index (χ4n) is 2.81. The molecule has 29 heavy (non-hydrogen) atoms. The van der Waals surface area contributed by atoms with Crippen LogP contribution in [0.15, 0.2) is 35.2 Å². The Bertz CT molecular complexity index is 1180. The number of aryl methyl sites for hydroxylation is 1. The van der Waals surface area contributed by atoms with Gasteiger partial charge in [-0.2, -0.15) is 0 Å². The average molecular weight is 434 g/mol. The van der Waals surface area contributed by atoms with Crippen LogP contribution in [0.1, 0.15) is 28.4 Å². The summed E-state index contributed by atoms with van der Waals surface area (Å²) in [6.45, 7) is 6.00. The number of amides is 1. The smallest absolute Gasteiger partial charge is 0.257 e. The lowest BCUT2D eigenvalue weighted by molar-refractivity contribution is 0.102. The van der Waals surface area contributed by atoms with Crippen molar-refractivity contribution in [1.29, 1.82) is 0 Å². The number of nitrogens with one attached hydrogen (secondary N) is 1. The third kappa shape index (κ3) is 4.26. The molecule has 0 fully saturated rings. The molecule has 0 unspecified atom stereocenters. The maximum Gasteiger partial charge on any atom is 0.257 e. The van der Waals surface area contributed by atoms with Crippen LogP contribution in [0.2, 0.25) is 0 Å². The van der Waals surface area contributed by atoms with E-state index >= 15 is 0 Å². The zero-order valence-corrected chi connectivity index (χ0v) is 18.6. The SMILES string of the molecule is CCOc1ccc2nc(NC(=O)c3cc(C)c(C)c(S(=O)(=O)N(C)C)c3)sc2c1. The van der Waals surface area contributed by atoms with E-state index in [9.17, 15) is 13.2 Å². The first-order valence-electron chi connectivity index (χ1n) is 9.02. The minimum atomic E-state index is -3.66. The molecule has 0 bridgehead atoms. The van der Waals surface area contributed by atoms with E-state index in [2.05, 4.69) is 10.3 Å². The van der Waals surface area contributed by atoms with E-state index in [-0.39, 0.29) is 10.5 Å². The lowest BCUT2D eigenvalue weighted by atomic mass is 10.1. The van der Waals surface area contributed by atoms with Gasteiger partial charge < -0.3 is 4.74 Å². The van der Waals surface area contributed by atoms with Crippen molar-refractivity contribution in [3.8, 4) is 5.75 Å². The van der Waals surface area contributed by atoms with Crippen LogP contribution in [0.25, 0.3) is 10.2 Å². The number of carbonyl (C=O) groups is 1. The molecule has 1 heterocycles. The molecule has 2 aromatic carbocycles. The van der Waals surface area contributed by atoms with Gasteiger partial charge in [-0.05, 0) is 62.2 Å². The van der Waals surface area contributed by atoms with Gasteiger partial charge in [0.25, 0.3) is 5.91 Å². The lowest BCUT2D eigenvalue weighted by Gasteiger charge is -2.16. The molecule has 1 amide bonds. The summed E-state index contributed by atoms with van der Waals surface area (Å²) in [5.41, 5.74) is 2.37. The van der Waals surface area contributed by atoms with Gasteiger partial charge in [-0.25, -0.2) is 17.7 Å². The minimum absolute atomic E-state index is 0.123. The van der Waals surface area contributed by atoms with E-state index in [1.807, 2.05) is 25.1 Å². The summed E-state index contributed by atoms with van der Waals surface area (Å²) in [7, 11) is -0.730. The zero-order chi connectivity index (χ0) is 21.3. The first kappa shape index (κ1) is 21.2. The zero-order valence-electron chi connectivity index (χ0n) is 16.9. The van der Waals surface area contributed by atoms with Crippen LogP contribution in [0, 0.1) is 13.8 Å². The van der Waals surface area contributed by atoms with Gasteiger partial charge >= 0.3 is 0 Å². The summed E-state index contributed by atoms with van der Waals surface area (Å²) in [6, 6.07) is 8.64. The summed E-state index contributed by atoms with van der Waals surface area (Å²) < 4.78 is 32.7. The molecular weight excluding hydrogens is 410 g/mol. The number of fused-ring (bicyclic) bond motifs is 1. The van der Waals surface area contributed by atoms with Crippen LogP contribution in [-0.2, 0) is 10.0 Å². The molecule has 3 rings (SSSR count). The van der Waals surface area contributed by atoms with Gasteiger partial charge in [-0.3, -0.25) is 10.1 Å². The summed E-state index contributed by atoms with van der Waals surface area (Å²) in [5, 5.41) is 3.21. The molecule has 0 aliphatic rings. The number of benzene rings is 2. The van der Waals surface area contributed by atoms with Crippen molar-refractivity contribution >= 4 is 42.6 Å². The Balaban J connectivity index is 1.93. The van der Waals surface area contributed by atoms with Gasteiger partial charge in [-0.15, -0.1) is 0 Å². The predicted octanol–water partition coefficient (Wildman–Crippen LogP) is 3.81. The number of sulfonamides is 1. The number of rotatable bonds is 6. The van der Waals surface area contributed by atoms with Crippen LogP contribution < -0.4 is 10.1 Å². The Morgan fingerprint density at radius 3 is 2.59 bits per heavy atom.